The third-order valence-corrected chi connectivity index (χ3v) is 3.92. The third kappa shape index (κ3) is 3.39. The summed E-state index contributed by atoms with van der Waals surface area (Å²) in [5.74, 6) is -0.523. The highest BCUT2D eigenvalue weighted by atomic mass is 16.8. The van der Waals surface area contributed by atoms with Crippen molar-refractivity contribution in [3.8, 4) is 0 Å². The highest BCUT2D eigenvalue weighted by Crippen LogP contribution is 2.35. The van der Waals surface area contributed by atoms with E-state index in [-0.39, 0.29) is 6.61 Å². The molecule has 0 spiro atoms. The predicted molar refractivity (Wildman–Crippen MR) is 77.2 cm³/mol. The number of benzene rings is 1. The minimum atomic E-state index is -1.07. The molecule has 7 heteroatoms. The lowest BCUT2D eigenvalue weighted by atomic mass is 9.97. The summed E-state index contributed by atoms with van der Waals surface area (Å²) in [5, 5.41) is 10.6. The van der Waals surface area contributed by atoms with E-state index in [4.69, 9.17) is 23.7 Å². The highest BCUT2D eigenvalue weighted by Gasteiger charge is 2.51. The number of aliphatic hydroxyl groups is 1. The van der Waals surface area contributed by atoms with Crippen LogP contribution in [-0.4, -0.2) is 55.5 Å². The van der Waals surface area contributed by atoms with Gasteiger partial charge in [0.25, 0.3) is 0 Å². The van der Waals surface area contributed by atoms with Gasteiger partial charge in [-0.1, -0.05) is 30.3 Å². The number of hydrogen-bond acceptors (Lipinski definition) is 7. The SMILES string of the molecule is CO[C@H]1O[C@@H]2CO[C@H](c3ccccc3)O[C@@H]2[C@H](O)[C@H]1OC(C)=O. The van der Waals surface area contributed by atoms with Gasteiger partial charge < -0.3 is 28.8 Å². The van der Waals surface area contributed by atoms with Crippen LogP contribution in [-0.2, 0) is 28.5 Å². The lowest BCUT2D eigenvalue weighted by molar-refractivity contribution is -0.358. The Balaban J connectivity index is 1.76. The minimum Gasteiger partial charge on any atom is -0.454 e. The lowest BCUT2D eigenvalue weighted by Gasteiger charge is -2.46. The van der Waals surface area contributed by atoms with Crippen molar-refractivity contribution in [1.29, 1.82) is 0 Å². The third-order valence-electron chi connectivity index (χ3n) is 3.92. The van der Waals surface area contributed by atoms with E-state index in [1.165, 1.54) is 14.0 Å². The summed E-state index contributed by atoms with van der Waals surface area (Å²) in [6.07, 6.45) is -4.67. The van der Waals surface area contributed by atoms with Gasteiger partial charge in [0, 0.05) is 19.6 Å². The minimum absolute atomic E-state index is 0.244. The molecule has 126 valence electrons. The number of ether oxygens (including phenoxy) is 5. The first-order chi connectivity index (χ1) is 11.1. The van der Waals surface area contributed by atoms with Crippen molar-refractivity contribution in [3.05, 3.63) is 35.9 Å². The van der Waals surface area contributed by atoms with Crippen molar-refractivity contribution in [2.45, 2.75) is 43.9 Å². The molecule has 0 saturated carbocycles. The van der Waals surface area contributed by atoms with E-state index >= 15 is 0 Å². The number of fused-ring (bicyclic) bond motifs is 1. The van der Waals surface area contributed by atoms with Gasteiger partial charge in [0.05, 0.1) is 6.61 Å². The molecule has 6 atom stereocenters. The van der Waals surface area contributed by atoms with Crippen LogP contribution in [0.25, 0.3) is 0 Å². The van der Waals surface area contributed by atoms with Crippen molar-refractivity contribution in [1.82, 2.24) is 0 Å². The molecule has 0 amide bonds. The van der Waals surface area contributed by atoms with E-state index in [1.807, 2.05) is 30.3 Å². The quantitative estimate of drug-likeness (QED) is 0.822. The van der Waals surface area contributed by atoms with Crippen molar-refractivity contribution in [2.24, 2.45) is 0 Å². The van der Waals surface area contributed by atoms with E-state index < -0.39 is 43.0 Å². The number of esters is 1. The van der Waals surface area contributed by atoms with Gasteiger partial charge in [0.2, 0.25) is 0 Å². The van der Waals surface area contributed by atoms with Crippen LogP contribution in [0.2, 0.25) is 0 Å². The Morgan fingerprint density at radius 1 is 1.26 bits per heavy atom. The van der Waals surface area contributed by atoms with E-state index in [1.54, 1.807) is 0 Å². The smallest absolute Gasteiger partial charge is 0.303 e. The first-order valence-electron chi connectivity index (χ1n) is 7.45. The second kappa shape index (κ2) is 6.94. The molecule has 0 aromatic heterocycles. The van der Waals surface area contributed by atoms with Crippen molar-refractivity contribution in [2.75, 3.05) is 13.7 Å². The summed E-state index contributed by atoms with van der Waals surface area (Å²) >= 11 is 0. The van der Waals surface area contributed by atoms with Gasteiger partial charge in [-0.2, -0.15) is 0 Å². The molecule has 7 nitrogen and oxygen atoms in total. The molecule has 1 aromatic rings. The summed E-state index contributed by atoms with van der Waals surface area (Å²) in [6.45, 7) is 1.51. The topological polar surface area (TPSA) is 83.5 Å². The first-order valence-corrected chi connectivity index (χ1v) is 7.45. The van der Waals surface area contributed by atoms with Crippen molar-refractivity contribution >= 4 is 5.97 Å². The molecule has 3 rings (SSSR count). The molecule has 23 heavy (non-hydrogen) atoms. The van der Waals surface area contributed by atoms with Crippen LogP contribution in [0.3, 0.4) is 0 Å². The zero-order valence-corrected chi connectivity index (χ0v) is 13.0. The van der Waals surface area contributed by atoms with Gasteiger partial charge in [-0.25, -0.2) is 0 Å². The Kier molecular flexibility index (Phi) is 4.93. The van der Waals surface area contributed by atoms with Gasteiger partial charge in [0.1, 0.15) is 18.3 Å². The molecule has 2 fully saturated rings. The number of hydrogen-bond donors (Lipinski definition) is 1. The summed E-state index contributed by atoms with van der Waals surface area (Å²) in [7, 11) is 1.42. The summed E-state index contributed by atoms with van der Waals surface area (Å²) in [6, 6.07) is 9.41. The maximum atomic E-state index is 11.3. The Morgan fingerprint density at radius 2 is 2.00 bits per heavy atom. The zero-order valence-electron chi connectivity index (χ0n) is 13.0. The Labute approximate surface area is 134 Å². The fourth-order valence-corrected chi connectivity index (χ4v) is 2.85. The van der Waals surface area contributed by atoms with Gasteiger partial charge in [-0.15, -0.1) is 0 Å². The largest absolute Gasteiger partial charge is 0.454 e. The average molecular weight is 324 g/mol. The number of rotatable bonds is 3. The van der Waals surface area contributed by atoms with Gasteiger partial charge in [-0.3, -0.25) is 4.79 Å². The molecule has 2 aliphatic heterocycles. The fourth-order valence-electron chi connectivity index (χ4n) is 2.85. The lowest BCUT2D eigenvalue weighted by Crippen LogP contribution is -2.63. The van der Waals surface area contributed by atoms with Crippen LogP contribution in [0, 0.1) is 0 Å². The first kappa shape index (κ1) is 16.4. The van der Waals surface area contributed by atoms with Crippen LogP contribution in [0.1, 0.15) is 18.8 Å². The normalized spacial score (nSPS) is 37.0. The molecular formula is C16H20O7. The monoisotopic (exact) mass is 324 g/mol. The maximum Gasteiger partial charge on any atom is 0.303 e. The zero-order chi connectivity index (χ0) is 16.4. The van der Waals surface area contributed by atoms with Gasteiger partial charge in [0.15, 0.2) is 18.7 Å². The van der Waals surface area contributed by atoms with Crippen LogP contribution >= 0.6 is 0 Å². The molecule has 0 bridgehead atoms. The van der Waals surface area contributed by atoms with Gasteiger partial charge in [-0.05, 0) is 0 Å². The molecule has 1 N–H and O–H groups in total. The second-order valence-electron chi connectivity index (χ2n) is 5.52. The molecule has 0 unspecified atom stereocenters. The van der Waals surface area contributed by atoms with Crippen LogP contribution in [0.15, 0.2) is 30.3 Å². The average Bonchev–Trinajstić information content (AvgIpc) is 2.57. The Morgan fingerprint density at radius 3 is 2.65 bits per heavy atom. The molecular weight excluding hydrogens is 304 g/mol. The fraction of sp³-hybridized carbons (Fsp3) is 0.562. The van der Waals surface area contributed by atoms with Crippen LogP contribution in [0.5, 0.6) is 0 Å². The molecule has 2 heterocycles. The van der Waals surface area contributed by atoms with Gasteiger partial charge >= 0.3 is 5.97 Å². The van der Waals surface area contributed by atoms with Crippen molar-refractivity contribution < 1.29 is 33.6 Å². The summed E-state index contributed by atoms with van der Waals surface area (Å²) in [4.78, 5) is 11.3. The highest BCUT2D eigenvalue weighted by molar-refractivity contribution is 5.66. The number of methoxy groups -OCH3 is 1. The molecule has 0 aliphatic carbocycles. The van der Waals surface area contributed by atoms with E-state index in [2.05, 4.69) is 0 Å². The number of carbonyl (C=O) groups is 1. The standard InChI is InChI=1S/C16H20O7/c1-9(17)21-14-12(18)13-11(22-16(14)19-2)8-20-15(23-13)10-6-4-3-5-7-10/h3-7,11-16,18H,8H2,1-2H3/t11-,12+,13+,14-,15+,16+/m1/s1. The Hall–Kier alpha value is -1.51. The second-order valence-corrected chi connectivity index (χ2v) is 5.52. The molecule has 2 aliphatic rings. The van der Waals surface area contributed by atoms with E-state index in [9.17, 15) is 9.90 Å². The van der Waals surface area contributed by atoms with E-state index in [0.717, 1.165) is 5.56 Å². The number of aliphatic hydroxyl groups excluding tert-OH is 1. The number of carbonyl (C=O) groups excluding carboxylic acids is 1. The van der Waals surface area contributed by atoms with Crippen LogP contribution < -0.4 is 0 Å². The predicted octanol–water partition coefficient (Wildman–Crippen LogP) is 0.764. The van der Waals surface area contributed by atoms with E-state index in [0.29, 0.717) is 0 Å². The van der Waals surface area contributed by atoms with Crippen LogP contribution in [0.4, 0.5) is 0 Å². The molecule has 0 radical (unpaired) electrons. The van der Waals surface area contributed by atoms with Crippen molar-refractivity contribution in [3.63, 3.8) is 0 Å². The molecule has 1 aromatic carbocycles. The molecule has 2 saturated heterocycles. The maximum absolute atomic E-state index is 11.3. The Bertz CT molecular complexity index is 534. The summed E-state index contributed by atoms with van der Waals surface area (Å²) < 4.78 is 27.5. The summed E-state index contributed by atoms with van der Waals surface area (Å²) in [5.41, 5.74) is 0.844.